The Morgan fingerprint density at radius 3 is 2.79 bits per heavy atom. The molecule has 0 saturated heterocycles. The summed E-state index contributed by atoms with van der Waals surface area (Å²) in [5.74, 6) is -0.416. The van der Waals surface area contributed by atoms with Crippen LogP contribution in [0.5, 0.6) is 5.75 Å². The van der Waals surface area contributed by atoms with Crippen LogP contribution in [0.1, 0.15) is 23.4 Å². The normalized spacial score (nSPS) is 10.7. The van der Waals surface area contributed by atoms with Gasteiger partial charge in [0, 0.05) is 17.5 Å². The number of aromatic nitrogens is 1. The highest BCUT2D eigenvalue weighted by Crippen LogP contribution is 2.30. The fourth-order valence-corrected chi connectivity index (χ4v) is 3.91. The van der Waals surface area contributed by atoms with Gasteiger partial charge in [-0.3, -0.25) is 9.59 Å². The van der Waals surface area contributed by atoms with E-state index < -0.39 is 11.9 Å². The molecule has 3 rings (SSSR count). The predicted octanol–water partition coefficient (Wildman–Crippen LogP) is 4.77. The van der Waals surface area contributed by atoms with Gasteiger partial charge in [0.05, 0.1) is 28.0 Å². The number of thiazole rings is 1. The lowest BCUT2D eigenvalue weighted by Gasteiger charge is -2.12. The van der Waals surface area contributed by atoms with E-state index in [1.54, 1.807) is 23.5 Å². The topological polar surface area (TPSA) is 77.5 Å². The average Bonchev–Trinajstić information content (AvgIpc) is 3.11. The number of fused-ring (bicyclic) bond motifs is 1. The van der Waals surface area contributed by atoms with Gasteiger partial charge in [0.25, 0.3) is 5.91 Å². The molecule has 0 atom stereocenters. The van der Waals surface area contributed by atoms with E-state index in [1.807, 2.05) is 31.2 Å². The molecule has 0 aliphatic rings. The third-order valence-electron chi connectivity index (χ3n) is 4.23. The molecule has 2 aromatic carbocycles. The van der Waals surface area contributed by atoms with Gasteiger partial charge in [-0.1, -0.05) is 23.7 Å². The summed E-state index contributed by atoms with van der Waals surface area (Å²) in [7, 11) is 1.49. The number of carbonyl (C=O) groups is 2. The van der Waals surface area contributed by atoms with E-state index >= 15 is 0 Å². The van der Waals surface area contributed by atoms with Crippen LogP contribution in [0.3, 0.4) is 0 Å². The summed E-state index contributed by atoms with van der Waals surface area (Å²) in [6.45, 7) is 1.47. The molecule has 8 heteroatoms. The fraction of sp³-hybridized carbons (Fsp3) is 0.286. The molecular formula is C21H21ClN2O4S. The van der Waals surface area contributed by atoms with E-state index in [-0.39, 0.29) is 13.0 Å². The zero-order chi connectivity index (χ0) is 20.8. The van der Waals surface area contributed by atoms with Gasteiger partial charge in [-0.05, 0) is 43.5 Å². The van der Waals surface area contributed by atoms with Crippen molar-refractivity contribution in [1.29, 1.82) is 0 Å². The molecule has 29 heavy (non-hydrogen) atoms. The molecule has 0 spiro atoms. The number of amides is 1. The van der Waals surface area contributed by atoms with Crippen molar-refractivity contribution in [3.8, 4) is 5.75 Å². The van der Waals surface area contributed by atoms with Crippen LogP contribution >= 0.6 is 22.9 Å². The van der Waals surface area contributed by atoms with E-state index in [9.17, 15) is 9.59 Å². The van der Waals surface area contributed by atoms with Gasteiger partial charge in [0.15, 0.2) is 6.61 Å². The van der Waals surface area contributed by atoms with Gasteiger partial charge in [-0.2, -0.15) is 0 Å². The number of aryl methyl sites for hydroxylation is 2. The highest BCUT2D eigenvalue weighted by molar-refractivity contribution is 7.18. The van der Waals surface area contributed by atoms with Gasteiger partial charge in [0.2, 0.25) is 0 Å². The first-order chi connectivity index (χ1) is 14.0. The zero-order valence-corrected chi connectivity index (χ0v) is 17.7. The molecule has 0 fully saturated rings. The molecule has 1 heterocycles. The first-order valence-electron chi connectivity index (χ1n) is 9.10. The number of nitrogens with zero attached hydrogens (tertiary/aromatic N) is 1. The van der Waals surface area contributed by atoms with Crippen LogP contribution in [0.4, 0.5) is 5.69 Å². The van der Waals surface area contributed by atoms with Crippen LogP contribution in [0, 0.1) is 6.92 Å². The van der Waals surface area contributed by atoms with Crippen LogP contribution in [-0.4, -0.2) is 30.6 Å². The minimum Gasteiger partial charge on any atom is -0.495 e. The molecule has 3 aromatic rings. The van der Waals surface area contributed by atoms with Crippen LogP contribution in [0.25, 0.3) is 10.2 Å². The summed E-state index contributed by atoms with van der Waals surface area (Å²) < 4.78 is 11.4. The standard InChI is InChI=1S/C21H21ClN2O4S/c1-13-10-16(17(27-2)11-14(13)22)23-19(25)12-28-21(26)9-5-8-20-24-15-6-3-4-7-18(15)29-20/h3-4,6-7,10-11H,5,8-9,12H2,1-2H3,(H,23,25). The van der Waals surface area contributed by atoms with Crippen molar-refractivity contribution in [3.05, 3.63) is 52.0 Å². The zero-order valence-electron chi connectivity index (χ0n) is 16.2. The highest BCUT2D eigenvalue weighted by Gasteiger charge is 2.13. The van der Waals surface area contributed by atoms with Crippen LogP contribution < -0.4 is 10.1 Å². The number of hydrogen-bond acceptors (Lipinski definition) is 6. The minimum absolute atomic E-state index is 0.229. The van der Waals surface area contributed by atoms with Crippen LogP contribution in [0.15, 0.2) is 36.4 Å². The molecule has 0 unspecified atom stereocenters. The van der Waals surface area contributed by atoms with Crippen molar-refractivity contribution in [2.24, 2.45) is 0 Å². The van der Waals surface area contributed by atoms with E-state index in [2.05, 4.69) is 10.3 Å². The second kappa shape index (κ2) is 9.71. The molecule has 0 aliphatic heterocycles. The van der Waals surface area contributed by atoms with E-state index in [1.165, 1.54) is 7.11 Å². The SMILES string of the molecule is COc1cc(Cl)c(C)cc1NC(=O)COC(=O)CCCc1nc2ccccc2s1. The maximum Gasteiger partial charge on any atom is 0.306 e. The van der Waals surface area contributed by atoms with Crippen LogP contribution in [0.2, 0.25) is 5.02 Å². The lowest BCUT2D eigenvalue weighted by molar-refractivity contribution is -0.147. The van der Waals surface area contributed by atoms with Gasteiger partial charge in [-0.25, -0.2) is 4.98 Å². The number of carbonyl (C=O) groups excluding carboxylic acids is 2. The number of nitrogens with one attached hydrogen (secondary N) is 1. The largest absolute Gasteiger partial charge is 0.495 e. The third kappa shape index (κ3) is 5.68. The second-order valence-electron chi connectivity index (χ2n) is 6.44. The van der Waals surface area contributed by atoms with E-state index in [4.69, 9.17) is 21.1 Å². The molecule has 1 amide bonds. The fourth-order valence-electron chi connectivity index (χ4n) is 2.75. The quantitative estimate of drug-likeness (QED) is 0.519. The number of esters is 1. The summed E-state index contributed by atoms with van der Waals surface area (Å²) in [6.07, 6.45) is 1.54. The molecule has 1 aromatic heterocycles. The van der Waals surface area contributed by atoms with Crippen molar-refractivity contribution in [2.75, 3.05) is 19.0 Å². The summed E-state index contributed by atoms with van der Waals surface area (Å²) >= 11 is 7.68. The lowest BCUT2D eigenvalue weighted by atomic mass is 10.2. The Labute approximate surface area is 177 Å². The molecular weight excluding hydrogens is 412 g/mol. The molecule has 6 nitrogen and oxygen atoms in total. The number of rotatable bonds is 8. The van der Waals surface area contributed by atoms with Crippen molar-refractivity contribution >= 4 is 50.7 Å². The van der Waals surface area contributed by atoms with E-state index in [0.29, 0.717) is 29.3 Å². The molecule has 0 aliphatic carbocycles. The third-order valence-corrected chi connectivity index (χ3v) is 5.73. The summed E-state index contributed by atoms with van der Waals surface area (Å²) in [5.41, 5.74) is 2.25. The number of methoxy groups -OCH3 is 1. The summed E-state index contributed by atoms with van der Waals surface area (Å²) in [5, 5.41) is 4.20. The molecule has 0 radical (unpaired) electrons. The highest BCUT2D eigenvalue weighted by atomic mass is 35.5. The number of benzene rings is 2. The Bertz CT molecular complexity index is 1000. The van der Waals surface area contributed by atoms with Gasteiger partial charge in [-0.15, -0.1) is 11.3 Å². The summed E-state index contributed by atoms with van der Waals surface area (Å²) in [4.78, 5) is 28.6. The predicted molar refractivity (Wildman–Crippen MR) is 115 cm³/mol. The van der Waals surface area contributed by atoms with Crippen LogP contribution in [-0.2, 0) is 20.7 Å². The number of para-hydroxylation sites is 1. The Balaban J connectivity index is 1.43. The van der Waals surface area contributed by atoms with Crippen molar-refractivity contribution in [3.63, 3.8) is 0 Å². The number of halogens is 1. The minimum atomic E-state index is -0.440. The van der Waals surface area contributed by atoms with Gasteiger partial charge < -0.3 is 14.8 Å². The van der Waals surface area contributed by atoms with Gasteiger partial charge >= 0.3 is 5.97 Å². The Hall–Kier alpha value is -2.64. The van der Waals surface area contributed by atoms with Crippen molar-refractivity contribution in [2.45, 2.75) is 26.2 Å². The Morgan fingerprint density at radius 2 is 2.03 bits per heavy atom. The van der Waals surface area contributed by atoms with Gasteiger partial charge in [0.1, 0.15) is 5.75 Å². The summed E-state index contributed by atoms with van der Waals surface area (Å²) in [6, 6.07) is 11.3. The number of anilines is 1. The Morgan fingerprint density at radius 1 is 1.24 bits per heavy atom. The lowest BCUT2D eigenvalue weighted by Crippen LogP contribution is -2.21. The van der Waals surface area contributed by atoms with E-state index in [0.717, 1.165) is 20.8 Å². The average molecular weight is 433 g/mol. The smallest absolute Gasteiger partial charge is 0.306 e. The number of hydrogen-bond donors (Lipinski definition) is 1. The first kappa shape index (κ1) is 21.1. The monoisotopic (exact) mass is 432 g/mol. The first-order valence-corrected chi connectivity index (χ1v) is 10.3. The number of ether oxygens (including phenoxy) is 2. The van der Waals surface area contributed by atoms with Crippen molar-refractivity contribution < 1.29 is 19.1 Å². The Kier molecular flexibility index (Phi) is 7.06. The molecule has 0 saturated carbocycles. The maximum atomic E-state index is 12.1. The maximum absolute atomic E-state index is 12.1. The molecule has 152 valence electrons. The second-order valence-corrected chi connectivity index (χ2v) is 7.96. The molecule has 1 N–H and O–H groups in total. The van der Waals surface area contributed by atoms with Crippen molar-refractivity contribution in [1.82, 2.24) is 4.98 Å². The molecule has 0 bridgehead atoms.